The smallest absolute Gasteiger partial charge is 0.410 e. The van der Waals surface area contributed by atoms with Crippen LogP contribution in [-0.2, 0) is 24.3 Å². The fourth-order valence-corrected chi connectivity index (χ4v) is 6.20. The van der Waals surface area contributed by atoms with Crippen LogP contribution in [0.2, 0.25) is 0 Å². The van der Waals surface area contributed by atoms with Crippen LogP contribution in [0.5, 0.6) is 5.75 Å². The second kappa shape index (κ2) is 13.1. The van der Waals surface area contributed by atoms with Crippen LogP contribution in [0.15, 0.2) is 59.5 Å². The molecule has 0 radical (unpaired) electrons. The van der Waals surface area contributed by atoms with Gasteiger partial charge in [0.15, 0.2) is 11.4 Å². The van der Waals surface area contributed by atoms with Crippen molar-refractivity contribution in [2.45, 2.75) is 64.3 Å². The van der Waals surface area contributed by atoms with E-state index in [1.54, 1.807) is 30.2 Å². The number of pyridine rings is 1. The van der Waals surface area contributed by atoms with E-state index in [2.05, 4.69) is 5.32 Å². The van der Waals surface area contributed by atoms with E-state index in [0.717, 1.165) is 17.7 Å². The number of amides is 2. The molecule has 0 aliphatic carbocycles. The lowest BCUT2D eigenvalue weighted by Crippen LogP contribution is -2.61. The van der Waals surface area contributed by atoms with Crippen LogP contribution < -0.4 is 15.5 Å². The largest absolute Gasteiger partial charge is 0.483 e. The molecule has 0 unspecified atom stereocenters. The maximum atomic E-state index is 14.2. The van der Waals surface area contributed by atoms with Gasteiger partial charge in [-0.2, -0.15) is 0 Å². The average molecular weight is 652 g/mol. The number of thioether (sulfide) groups is 1. The van der Waals surface area contributed by atoms with E-state index in [9.17, 15) is 23.2 Å². The van der Waals surface area contributed by atoms with Gasteiger partial charge in [0.1, 0.15) is 28.9 Å². The lowest BCUT2D eigenvalue weighted by atomic mass is 9.85. The van der Waals surface area contributed by atoms with Crippen LogP contribution in [0.25, 0.3) is 0 Å². The molecule has 46 heavy (non-hydrogen) atoms. The van der Waals surface area contributed by atoms with Crippen LogP contribution in [0.3, 0.4) is 0 Å². The fraction of sp³-hybridized carbons (Fsp3) is 0.364. The number of nitrogens with one attached hydrogen (secondary N) is 3. The predicted octanol–water partition coefficient (Wildman–Crippen LogP) is 5.50. The molecular weight excluding hydrogens is 616 g/mol. The number of nitrogens with zero attached hydrogens (tertiary/aromatic N) is 2. The SMILES string of the molecule is CC(C)(C)OC(=O)N1CCC2(CC1)Cn1cc(C(=N)SC(=N)Cc3ccc(F)cc3F)c(=O)c(OCc3ccccc3)c1C(=O)N2. The first kappa shape index (κ1) is 32.9. The number of benzene rings is 2. The summed E-state index contributed by atoms with van der Waals surface area (Å²) >= 11 is 0.663. The monoisotopic (exact) mass is 651 g/mol. The standard InChI is InChI=1S/C33H35F2N5O5S/c1-32(2,3)45-31(43)39-13-11-33(12-14-39)19-40-17-23(29(37)46-25(36)15-21-9-10-22(34)16-24(21)35)27(41)28(26(40)30(42)38-33)44-18-20-7-5-4-6-8-20/h4-10,16-17,36-37H,11-15,18-19H2,1-3H3,(H,38,42). The highest BCUT2D eigenvalue weighted by Crippen LogP contribution is 2.32. The Morgan fingerprint density at radius 2 is 1.76 bits per heavy atom. The van der Waals surface area contributed by atoms with E-state index >= 15 is 0 Å². The third-order valence-electron chi connectivity index (χ3n) is 7.74. The van der Waals surface area contributed by atoms with Crippen molar-refractivity contribution in [2.75, 3.05) is 13.1 Å². The Kier molecular flexibility index (Phi) is 9.34. The van der Waals surface area contributed by atoms with Crippen molar-refractivity contribution in [2.24, 2.45) is 0 Å². The maximum absolute atomic E-state index is 14.2. The number of halogens is 2. The zero-order valence-corrected chi connectivity index (χ0v) is 26.6. The highest BCUT2D eigenvalue weighted by Gasteiger charge is 2.43. The van der Waals surface area contributed by atoms with Crippen LogP contribution in [0.4, 0.5) is 13.6 Å². The molecule has 2 aliphatic heterocycles. The normalized spacial score (nSPS) is 15.6. The molecule has 3 heterocycles. The summed E-state index contributed by atoms with van der Waals surface area (Å²) in [5, 5.41) is 19.8. The van der Waals surface area contributed by atoms with Gasteiger partial charge >= 0.3 is 6.09 Å². The number of aromatic nitrogens is 1. The molecule has 5 rings (SSSR count). The second-order valence-corrected chi connectivity index (χ2v) is 13.5. The fourth-order valence-electron chi connectivity index (χ4n) is 5.47. The Hall–Kier alpha value is -4.52. The first-order valence-electron chi connectivity index (χ1n) is 14.8. The molecule has 2 amide bonds. The Morgan fingerprint density at radius 3 is 2.41 bits per heavy atom. The number of likely N-dealkylation sites (tertiary alicyclic amines) is 1. The van der Waals surface area contributed by atoms with E-state index in [0.29, 0.717) is 37.7 Å². The van der Waals surface area contributed by atoms with Crippen molar-refractivity contribution >= 4 is 33.8 Å². The Bertz CT molecular complexity index is 1750. The number of carbonyl (C=O) groups excluding carboxylic acids is 2. The highest BCUT2D eigenvalue weighted by molar-refractivity contribution is 8.26. The number of fused-ring (bicyclic) bond motifs is 1. The third kappa shape index (κ3) is 7.47. The Labute approximate surface area is 269 Å². The molecule has 1 fully saturated rings. The van der Waals surface area contributed by atoms with Crippen molar-refractivity contribution in [3.05, 3.63) is 99.0 Å². The van der Waals surface area contributed by atoms with E-state index in [1.807, 2.05) is 30.3 Å². The summed E-state index contributed by atoms with van der Waals surface area (Å²) in [4.78, 5) is 41.7. The first-order chi connectivity index (χ1) is 21.7. The van der Waals surface area contributed by atoms with Gasteiger partial charge in [-0.1, -0.05) is 48.2 Å². The molecule has 2 aromatic carbocycles. The highest BCUT2D eigenvalue weighted by atomic mass is 32.2. The summed E-state index contributed by atoms with van der Waals surface area (Å²) in [7, 11) is 0. The Morgan fingerprint density at radius 1 is 1.07 bits per heavy atom. The van der Waals surface area contributed by atoms with Gasteiger partial charge in [0.25, 0.3) is 5.91 Å². The molecule has 0 bridgehead atoms. The minimum atomic E-state index is -0.809. The number of rotatable bonds is 6. The third-order valence-corrected chi connectivity index (χ3v) is 8.55. The molecule has 10 nitrogen and oxygen atoms in total. The number of ether oxygens (including phenoxy) is 2. The zero-order chi connectivity index (χ0) is 33.2. The zero-order valence-electron chi connectivity index (χ0n) is 25.7. The molecule has 0 saturated carbocycles. The first-order valence-corrected chi connectivity index (χ1v) is 15.6. The van der Waals surface area contributed by atoms with Crippen molar-refractivity contribution in [3.63, 3.8) is 0 Å². The summed E-state index contributed by atoms with van der Waals surface area (Å²) in [6, 6.07) is 12.2. The van der Waals surface area contributed by atoms with Crippen molar-refractivity contribution in [1.29, 1.82) is 10.8 Å². The van der Waals surface area contributed by atoms with Gasteiger partial charge < -0.3 is 24.3 Å². The number of piperidine rings is 1. The average Bonchev–Trinajstić information content (AvgIpc) is 2.98. The van der Waals surface area contributed by atoms with Crippen molar-refractivity contribution < 1.29 is 27.8 Å². The molecule has 1 saturated heterocycles. The predicted molar refractivity (Wildman–Crippen MR) is 171 cm³/mol. The number of hydrogen-bond acceptors (Lipinski definition) is 8. The summed E-state index contributed by atoms with van der Waals surface area (Å²) in [6.45, 7) is 6.32. The summed E-state index contributed by atoms with van der Waals surface area (Å²) in [5.41, 5.74) is -1.28. The quantitative estimate of drug-likeness (QED) is 0.238. The van der Waals surface area contributed by atoms with Gasteiger partial charge in [-0.05, 0) is 50.8 Å². The van der Waals surface area contributed by atoms with Gasteiger partial charge in [-0.25, -0.2) is 13.6 Å². The number of hydrogen-bond donors (Lipinski definition) is 3. The van der Waals surface area contributed by atoms with Crippen molar-refractivity contribution in [3.8, 4) is 5.75 Å². The van der Waals surface area contributed by atoms with Gasteiger partial charge in [0.05, 0.1) is 16.1 Å². The van der Waals surface area contributed by atoms with Crippen LogP contribution >= 0.6 is 11.8 Å². The minimum Gasteiger partial charge on any atom is -0.483 e. The van der Waals surface area contributed by atoms with E-state index in [4.69, 9.17) is 20.3 Å². The van der Waals surface area contributed by atoms with Gasteiger partial charge in [-0.3, -0.25) is 20.4 Å². The molecule has 242 valence electrons. The Balaban J connectivity index is 1.42. The molecule has 3 N–H and O–H groups in total. The summed E-state index contributed by atoms with van der Waals surface area (Å²) in [5.74, 6) is -2.28. The lowest BCUT2D eigenvalue weighted by molar-refractivity contribution is 0.0127. The van der Waals surface area contributed by atoms with E-state index in [1.165, 1.54) is 12.3 Å². The molecule has 13 heteroatoms. The summed E-state index contributed by atoms with van der Waals surface area (Å²) < 4.78 is 40.7. The minimum absolute atomic E-state index is 0.00402. The molecule has 1 spiro atoms. The molecule has 0 atom stereocenters. The second-order valence-electron chi connectivity index (χ2n) is 12.4. The number of carbonyl (C=O) groups is 2. The summed E-state index contributed by atoms with van der Waals surface area (Å²) in [6.07, 6.45) is 1.65. The van der Waals surface area contributed by atoms with E-state index in [-0.39, 0.29) is 52.2 Å². The van der Waals surface area contributed by atoms with Crippen molar-refractivity contribution in [1.82, 2.24) is 14.8 Å². The molecule has 1 aromatic heterocycles. The molecule has 2 aliphatic rings. The maximum Gasteiger partial charge on any atom is 0.410 e. The van der Waals surface area contributed by atoms with E-state index < -0.39 is 40.2 Å². The van der Waals surface area contributed by atoms with Gasteiger partial charge in [0.2, 0.25) is 5.43 Å². The van der Waals surface area contributed by atoms with Gasteiger partial charge in [0, 0.05) is 38.3 Å². The molecule has 3 aromatic rings. The lowest BCUT2D eigenvalue weighted by Gasteiger charge is -2.45. The van der Waals surface area contributed by atoms with Crippen LogP contribution in [0, 0.1) is 22.5 Å². The van der Waals surface area contributed by atoms with Gasteiger partial charge in [-0.15, -0.1) is 0 Å². The molecular formula is C33H35F2N5O5S. The topological polar surface area (TPSA) is 138 Å². The van der Waals surface area contributed by atoms with Crippen LogP contribution in [-0.4, -0.2) is 55.8 Å². The van der Waals surface area contributed by atoms with Crippen LogP contribution in [0.1, 0.15) is 60.8 Å².